The van der Waals surface area contributed by atoms with Gasteiger partial charge in [-0.1, -0.05) is 52.3 Å². The van der Waals surface area contributed by atoms with Gasteiger partial charge in [-0.05, 0) is 67.2 Å². The Kier molecular flexibility index (Phi) is 8.06. The molecule has 3 rings (SSSR count). The summed E-state index contributed by atoms with van der Waals surface area (Å²) in [6.45, 7) is 11.1. The highest BCUT2D eigenvalue weighted by molar-refractivity contribution is 5.71. The van der Waals surface area contributed by atoms with Gasteiger partial charge < -0.3 is 19.5 Å². The Balaban J connectivity index is 1.93. The predicted octanol–water partition coefficient (Wildman–Crippen LogP) is 6.34. The van der Waals surface area contributed by atoms with Crippen molar-refractivity contribution in [3.8, 4) is 22.6 Å². The lowest BCUT2D eigenvalue weighted by atomic mass is 9.85. The number of phenolic OH excluding ortho intramolecular Hbond substituents is 1. The van der Waals surface area contributed by atoms with Gasteiger partial charge in [0.1, 0.15) is 11.5 Å². The average Bonchev–Trinajstić information content (AvgIpc) is 2.77. The predicted molar refractivity (Wildman–Crippen MR) is 133 cm³/mol. The average molecular weight is 454 g/mol. The smallest absolute Gasteiger partial charge is 0.259 e. The van der Waals surface area contributed by atoms with Gasteiger partial charge in [-0.15, -0.1) is 0 Å². The van der Waals surface area contributed by atoms with E-state index < -0.39 is 6.10 Å². The van der Waals surface area contributed by atoms with Crippen LogP contribution in [0.15, 0.2) is 46.9 Å². The molecule has 0 spiro atoms. The molecule has 33 heavy (non-hydrogen) atoms. The van der Waals surface area contributed by atoms with Crippen molar-refractivity contribution >= 4 is 0 Å². The van der Waals surface area contributed by atoms with Crippen molar-refractivity contribution in [3.05, 3.63) is 58.0 Å². The Morgan fingerprint density at radius 2 is 1.88 bits per heavy atom. The number of phenols is 1. The fraction of sp³-hybridized carbons (Fsp3) is 0.536. The molecule has 0 aliphatic carbocycles. The summed E-state index contributed by atoms with van der Waals surface area (Å²) in [4.78, 5) is 13.1. The van der Waals surface area contributed by atoms with E-state index in [1.54, 1.807) is 37.5 Å². The van der Waals surface area contributed by atoms with Crippen molar-refractivity contribution in [1.29, 1.82) is 0 Å². The molecule has 1 aliphatic rings. The van der Waals surface area contributed by atoms with Gasteiger partial charge >= 0.3 is 0 Å². The molecule has 5 nitrogen and oxygen atoms in total. The zero-order valence-corrected chi connectivity index (χ0v) is 20.8. The molecule has 2 aromatic rings. The summed E-state index contributed by atoms with van der Waals surface area (Å²) in [6, 6.07) is 6.61. The van der Waals surface area contributed by atoms with E-state index in [1.165, 1.54) is 16.6 Å². The molecule has 180 valence electrons. The molecule has 0 unspecified atom stereocenters. The van der Waals surface area contributed by atoms with E-state index in [4.69, 9.17) is 4.74 Å². The number of aromatic nitrogens is 1. The first-order chi connectivity index (χ1) is 15.6. The first kappa shape index (κ1) is 25.1. The molecule has 2 N–H and O–H groups in total. The highest BCUT2D eigenvalue weighted by Crippen LogP contribution is 2.42. The van der Waals surface area contributed by atoms with E-state index in [-0.39, 0.29) is 23.2 Å². The zero-order chi connectivity index (χ0) is 24.3. The van der Waals surface area contributed by atoms with Crippen LogP contribution in [0.25, 0.3) is 11.1 Å². The summed E-state index contributed by atoms with van der Waals surface area (Å²) in [5.74, 6) is 1.62. The Labute approximate surface area is 197 Å². The molecule has 1 aliphatic heterocycles. The van der Waals surface area contributed by atoms with E-state index in [0.717, 1.165) is 18.4 Å². The fourth-order valence-corrected chi connectivity index (χ4v) is 5.02. The normalized spacial score (nSPS) is 23.3. The summed E-state index contributed by atoms with van der Waals surface area (Å²) < 4.78 is 8.03. The monoisotopic (exact) mass is 453 g/mol. The number of allylic oxidation sites excluding steroid dienone is 1. The largest absolute Gasteiger partial charge is 0.508 e. The van der Waals surface area contributed by atoms with E-state index >= 15 is 0 Å². The third kappa shape index (κ3) is 5.70. The fourth-order valence-electron chi connectivity index (χ4n) is 5.02. The second-order valence-electron chi connectivity index (χ2n) is 10.0. The van der Waals surface area contributed by atoms with Crippen molar-refractivity contribution in [1.82, 2.24) is 4.57 Å². The Bertz CT molecular complexity index is 1040. The van der Waals surface area contributed by atoms with Crippen LogP contribution in [0.1, 0.15) is 72.0 Å². The summed E-state index contributed by atoms with van der Waals surface area (Å²) in [5.41, 5.74) is 2.58. The van der Waals surface area contributed by atoms with Gasteiger partial charge in [-0.3, -0.25) is 4.79 Å². The van der Waals surface area contributed by atoms with E-state index in [0.29, 0.717) is 35.3 Å². The van der Waals surface area contributed by atoms with Crippen molar-refractivity contribution < 1.29 is 14.9 Å². The quantitative estimate of drug-likeness (QED) is 0.480. The van der Waals surface area contributed by atoms with Crippen LogP contribution >= 0.6 is 0 Å². The molecule has 5 heteroatoms. The number of nitrogens with zero attached hydrogens (tertiary/aromatic N) is 1. The lowest BCUT2D eigenvalue weighted by molar-refractivity contribution is -0.0631. The molecule has 1 aromatic carbocycles. The second-order valence-corrected chi connectivity index (χ2v) is 10.0. The molecular weight excluding hydrogens is 414 g/mol. The minimum Gasteiger partial charge on any atom is -0.508 e. The lowest BCUT2D eigenvalue weighted by Gasteiger charge is -2.36. The van der Waals surface area contributed by atoms with Crippen LogP contribution in [0.4, 0.5) is 0 Å². The van der Waals surface area contributed by atoms with E-state index in [1.807, 2.05) is 0 Å². The number of aryl methyl sites for hydroxylation is 1. The molecule has 0 radical (unpaired) electrons. The van der Waals surface area contributed by atoms with Crippen LogP contribution in [-0.2, 0) is 11.8 Å². The zero-order valence-electron chi connectivity index (χ0n) is 20.8. The number of hydrogen-bond acceptors (Lipinski definition) is 4. The number of benzene rings is 1. The number of rotatable bonds is 7. The molecule has 0 saturated carbocycles. The van der Waals surface area contributed by atoms with Crippen LogP contribution < -0.4 is 5.56 Å². The second kappa shape index (κ2) is 10.6. The number of hydrogen-bond donors (Lipinski definition) is 2. The summed E-state index contributed by atoms with van der Waals surface area (Å²) in [5, 5.41) is 20.8. The molecule has 1 saturated heterocycles. The topological polar surface area (TPSA) is 71.7 Å². The van der Waals surface area contributed by atoms with Crippen molar-refractivity contribution in [2.45, 2.75) is 72.5 Å². The summed E-state index contributed by atoms with van der Waals surface area (Å²) in [6.07, 6.45) is 7.35. The Morgan fingerprint density at radius 1 is 1.21 bits per heavy atom. The third-order valence-electron chi connectivity index (χ3n) is 7.06. The van der Waals surface area contributed by atoms with Gasteiger partial charge in [0.2, 0.25) is 0 Å². The number of aromatic hydroxyl groups is 2. The molecule has 0 amide bonds. The molecule has 1 fully saturated rings. The van der Waals surface area contributed by atoms with E-state index in [2.05, 4.69) is 40.7 Å². The Morgan fingerprint density at radius 3 is 2.52 bits per heavy atom. The third-order valence-corrected chi connectivity index (χ3v) is 7.06. The summed E-state index contributed by atoms with van der Waals surface area (Å²) >= 11 is 0. The maximum absolute atomic E-state index is 13.1. The molecule has 1 aromatic heterocycles. The van der Waals surface area contributed by atoms with Crippen molar-refractivity contribution in [2.24, 2.45) is 24.8 Å². The first-order valence-corrected chi connectivity index (χ1v) is 12.2. The molecule has 2 heterocycles. The highest BCUT2D eigenvalue weighted by atomic mass is 16.5. The van der Waals surface area contributed by atoms with Gasteiger partial charge in [0.25, 0.3) is 5.56 Å². The van der Waals surface area contributed by atoms with Crippen LogP contribution in [0.2, 0.25) is 0 Å². The minimum atomic E-state index is -0.463. The van der Waals surface area contributed by atoms with Crippen LogP contribution in [0, 0.1) is 17.8 Å². The maximum Gasteiger partial charge on any atom is 0.259 e. The summed E-state index contributed by atoms with van der Waals surface area (Å²) in [7, 11) is 1.69. The lowest BCUT2D eigenvalue weighted by Crippen LogP contribution is -2.34. The SMILES string of the molecule is CC[C@@H](C)C[C@H](C)/C=C(\C)[C@H]1O[C@@H](c2c(O)c(-c3ccc(O)cc3)cn(C)c2=O)CC[C@@H]1C. The van der Waals surface area contributed by atoms with Crippen LogP contribution in [0.3, 0.4) is 0 Å². The molecular formula is C28H39NO4. The molecule has 0 bridgehead atoms. The first-order valence-electron chi connectivity index (χ1n) is 12.2. The molecule has 5 atom stereocenters. The minimum absolute atomic E-state index is 0.0335. The van der Waals surface area contributed by atoms with Crippen LogP contribution in [-0.4, -0.2) is 20.9 Å². The van der Waals surface area contributed by atoms with Crippen LogP contribution in [0.5, 0.6) is 11.5 Å². The van der Waals surface area contributed by atoms with Gasteiger partial charge in [-0.2, -0.15) is 0 Å². The van der Waals surface area contributed by atoms with Gasteiger partial charge in [-0.25, -0.2) is 0 Å². The number of pyridine rings is 1. The Hall–Kier alpha value is -2.53. The highest BCUT2D eigenvalue weighted by Gasteiger charge is 2.34. The van der Waals surface area contributed by atoms with Crippen molar-refractivity contribution in [3.63, 3.8) is 0 Å². The maximum atomic E-state index is 13.1. The van der Waals surface area contributed by atoms with Gasteiger partial charge in [0, 0.05) is 18.8 Å². The van der Waals surface area contributed by atoms with Gasteiger partial charge in [0.15, 0.2) is 0 Å². The number of ether oxygens (including phenoxy) is 1. The standard InChI is InChI=1S/C28H39NO4/c1-7-17(2)14-18(3)15-20(5)27-19(4)8-13-24(33-27)25-26(31)23(16-29(6)28(25)32)21-9-11-22(30)12-10-21/h9-12,15-19,24,27,30-31H,7-8,13-14H2,1-6H3/b20-15+/t17-,18+,19+,24-,27+/m1/s1. The van der Waals surface area contributed by atoms with Gasteiger partial charge in [0.05, 0.1) is 17.8 Å². The van der Waals surface area contributed by atoms with Crippen molar-refractivity contribution in [2.75, 3.05) is 0 Å². The van der Waals surface area contributed by atoms with E-state index in [9.17, 15) is 15.0 Å².